The molecule has 0 saturated carbocycles. The van der Waals surface area contributed by atoms with Crippen LogP contribution in [-0.4, -0.2) is 63.0 Å². The first kappa shape index (κ1) is 27.2. The SMILES string of the molecule is Cc1c(OCCCn2nccn2)ccc(C2CCC[C@H]3CN(C(=O)c4ccc(C(F)(F)F)cc4)CCN23)c1C. The molecule has 0 N–H and O–H groups in total. The average molecular weight is 542 g/mol. The van der Waals surface area contributed by atoms with Crippen LogP contribution in [0.15, 0.2) is 48.8 Å². The minimum Gasteiger partial charge on any atom is -0.493 e. The smallest absolute Gasteiger partial charge is 0.416 e. The van der Waals surface area contributed by atoms with Gasteiger partial charge in [0.2, 0.25) is 0 Å². The molecule has 2 saturated heterocycles. The van der Waals surface area contributed by atoms with Crippen LogP contribution in [0.1, 0.15) is 64.3 Å². The lowest BCUT2D eigenvalue weighted by atomic mass is 9.86. The highest BCUT2D eigenvalue weighted by Crippen LogP contribution is 2.40. The Hall–Kier alpha value is -3.40. The van der Waals surface area contributed by atoms with Gasteiger partial charge < -0.3 is 9.64 Å². The summed E-state index contributed by atoms with van der Waals surface area (Å²) in [7, 11) is 0. The number of nitrogens with zero attached hydrogens (tertiary/aromatic N) is 5. The second kappa shape index (κ2) is 11.4. The number of ether oxygens (including phenoxy) is 1. The van der Waals surface area contributed by atoms with E-state index in [4.69, 9.17) is 4.74 Å². The van der Waals surface area contributed by atoms with Crippen LogP contribution in [0.25, 0.3) is 0 Å². The van der Waals surface area contributed by atoms with Gasteiger partial charge in [0.15, 0.2) is 0 Å². The van der Waals surface area contributed by atoms with Crippen molar-refractivity contribution in [2.75, 3.05) is 26.2 Å². The van der Waals surface area contributed by atoms with E-state index in [1.807, 2.05) is 0 Å². The summed E-state index contributed by atoms with van der Waals surface area (Å²) in [6, 6.07) is 9.27. The predicted molar refractivity (Wildman–Crippen MR) is 140 cm³/mol. The number of fused-ring (bicyclic) bond motifs is 1. The van der Waals surface area contributed by atoms with E-state index in [0.717, 1.165) is 55.7 Å². The number of rotatable bonds is 7. The molecule has 7 nitrogen and oxygen atoms in total. The third-order valence-electron chi connectivity index (χ3n) is 8.05. The summed E-state index contributed by atoms with van der Waals surface area (Å²) in [6.07, 6.45) is 2.85. The van der Waals surface area contributed by atoms with Gasteiger partial charge in [-0.25, -0.2) is 0 Å². The molecule has 2 aliphatic rings. The number of amides is 1. The van der Waals surface area contributed by atoms with Crippen molar-refractivity contribution < 1.29 is 22.7 Å². The summed E-state index contributed by atoms with van der Waals surface area (Å²) >= 11 is 0. The van der Waals surface area contributed by atoms with Crippen LogP contribution in [0.2, 0.25) is 0 Å². The number of aryl methyl sites for hydroxylation is 1. The zero-order chi connectivity index (χ0) is 27.6. The normalized spacial score (nSPS) is 20.1. The second-order valence-corrected chi connectivity index (χ2v) is 10.4. The highest BCUT2D eigenvalue weighted by Gasteiger charge is 2.38. The molecule has 2 aromatic carbocycles. The fourth-order valence-corrected chi connectivity index (χ4v) is 5.83. The fraction of sp³-hybridized carbons (Fsp3) is 0.483. The van der Waals surface area contributed by atoms with Gasteiger partial charge in [0.25, 0.3) is 5.91 Å². The van der Waals surface area contributed by atoms with Crippen molar-refractivity contribution in [1.82, 2.24) is 24.8 Å². The van der Waals surface area contributed by atoms with Crippen molar-refractivity contribution >= 4 is 5.91 Å². The largest absolute Gasteiger partial charge is 0.493 e. The molecule has 1 aromatic heterocycles. The maximum atomic E-state index is 13.1. The average Bonchev–Trinajstić information content (AvgIpc) is 3.46. The van der Waals surface area contributed by atoms with E-state index < -0.39 is 11.7 Å². The number of halogens is 3. The Balaban J connectivity index is 1.22. The fourth-order valence-electron chi connectivity index (χ4n) is 5.83. The summed E-state index contributed by atoms with van der Waals surface area (Å²) in [6.45, 7) is 7.42. The molecule has 1 amide bonds. The molecule has 10 heteroatoms. The quantitative estimate of drug-likeness (QED) is 0.373. The molecule has 0 radical (unpaired) electrons. The van der Waals surface area contributed by atoms with Crippen LogP contribution in [-0.2, 0) is 12.7 Å². The molecule has 1 unspecified atom stereocenters. The van der Waals surface area contributed by atoms with Gasteiger partial charge in [-0.3, -0.25) is 9.69 Å². The molecule has 2 aliphatic heterocycles. The van der Waals surface area contributed by atoms with E-state index >= 15 is 0 Å². The van der Waals surface area contributed by atoms with Crippen molar-refractivity contribution in [3.63, 3.8) is 0 Å². The minimum absolute atomic E-state index is 0.206. The summed E-state index contributed by atoms with van der Waals surface area (Å²) in [5, 5.41) is 8.23. The number of alkyl halides is 3. The van der Waals surface area contributed by atoms with Crippen molar-refractivity contribution in [2.45, 2.75) is 64.3 Å². The number of hydrogen-bond donors (Lipinski definition) is 0. The molecule has 3 aromatic rings. The first-order chi connectivity index (χ1) is 18.7. The van der Waals surface area contributed by atoms with Crippen LogP contribution in [0.4, 0.5) is 13.2 Å². The van der Waals surface area contributed by atoms with Crippen LogP contribution in [0.5, 0.6) is 5.75 Å². The minimum atomic E-state index is -4.41. The Labute approximate surface area is 226 Å². The Morgan fingerprint density at radius 1 is 1.00 bits per heavy atom. The number of carbonyl (C=O) groups is 1. The molecular weight excluding hydrogens is 507 g/mol. The Morgan fingerprint density at radius 2 is 1.74 bits per heavy atom. The Kier molecular flexibility index (Phi) is 7.93. The Morgan fingerprint density at radius 3 is 2.46 bits per heavy atom. The molecule has 39 heavy (non-hydrogen) atoms. The zero-order valence-corrected chi connectivity index (χ0v) is 22.3. The van der Waals surface area contributed by atoms with Gasteiger partial charge in [0.1, 0.15) is 5.75 Å². The maximum Gasteiger partial charge on any atom is 0.416 e. The molecule has 0 spiro atoms. The molecule has 208 valence electrons. The van der Waals surface area contributed by atoms with E-state index in [2.05, 4.69) is 41.1 Å². The molecule has 2 fully saturated rings. The predicted octanol–water partition coefficient (Wildman–Crippen LogP) is 5.43. The number of carbonyl (C=O) groups excluding carboxylic acids is 1. The topological polar surface area (TPSA) is 63.5 Å². The van der Waals surface area contributed by atoms with Crippen molar-refractivity contribution in [2.24, 2.45) is 0 Å². The Bertz CT molecular complexity index is 1280. The second-order valence-electron chi connectivity index (χ2n) is 10.4. The van der Waals surface area contributed by atoms with Gasteiger partial charge in [-0.1, -0.05) is 6.07 Å². The number of piperidine rings is 1. The monoisotopic (exact) mass is 541 g/mol. The lowest BCUT2D eigenvalue weighted by molar-refractivity contribution is -0.137. The number of benzene rings is 2. The van der Waals surface area contributed by atoms with E-state index in [1.54, 1.807) is 22.1 Å². The van der Waals surface area contributed by atoms with Crippen molar-refractivity contribution in [3.05, 3.63) is 76.6 Å². The van der Waals surface area contributed by atoms with Gasteiger partial charge in [-0.15, -0.1) is 0 Å². The van der Waals surface area contributed by atoms with Crippen LogP contribution >= 0.6 is 0 Å². The van der Waals surface area contributed by atoms with Gasteiger partial charge in [0, 0.05) is 43.7 Å². The summed E-state index contributed by atoms with van der Waals surface area (Å²) < 4.78 is 44.8. The number of piperazine rings is 1. The van der Waals surface area contributed by atoms with Gasteiger partial charge in [0.05, 0.1) is 31.1 Å². The highest BCUT2D eigenvalue weighted by atomic mass is 19.4. The standard InChI is InChI=1S/C29H34F3N5O2/c1-20-21(2)27(39-18-4-15-37-33-13-14-34-37)12-11-25(20)26-6-3-5-24-19-35(16-17-36(24)26)28(38)22-7-9-23(10-8-22)29(30,31)32/h7-14,24,26H,3-6,15-19H2,1-2H3/t24-,26?/m0/s1. The van der Waals surface area contributed by atoms with E-state index in [0.29, 0.717) is 31.8 Å². The summed E-state index contributed by atoms with van der Waals surface area (Å²) in [5.41, 5.74) is 3.23. The molecule has 3 heterocycles. The van der Waals surface area contributed by atoms with Crippen LogP contribution in [0.3, 0.4) is 0 Å². The lowest BCUT2D eigenvalue weighted by Gasteiger charge is -2.49. The zero-order valence-electron chi connectivity index (χ0n) is 22.3. The van der Waals surface area contributed by atoms with Gasteiger partial charge >= 0.3 is 6.18 Å². The molecule has 2 atom stereocenters. The first-order valence-corrected chi connectivity index (χ1v) is 13.5. The molecule has 5 rings (SSSR count). The number of aromatic nitrogens is 3. The third kappa shape index (κ3) is 5.95. The first-order valence-electron chi connectivity index (χ1n) is 13.5. The highest BCUT2D eigenvalue weighted by molar-refractivity contribution is 5.94. The van der Waals surface area contributed by atoms with Crippen molar-refractivity contribution in [3.8, 4) is 5.75 Å². The summed E-state index contributed by atoms with van der Waals surface area (Å²) in [4.78, 5) is 19.1. The molecular formula is C29H34F3N5O2. The lowest BCUT2D eigenvalue weighted by Crippen LogP contribution is -2.57. The van der Waals surface area contributed by atoms with Gasteiger partial charge in [-0.2, -0.15) is 28.2 Å². The molecule has 0 bridgehead atoms. The third-order valence-corrected chi connectivity index (χ3v) is 8.05. The molecule has 0 aliphatic carbocycles. The number of hydrogen-bond acceptors (Lipinski definition) is 5. The van der Waals surface area contributed by atoms with E-state index in [-0.39, 0.29) is 18.0 Å². The maximum absolute atomic E-state index is 13.1. The van der Waals surface area contributed by atoms with Crippen LogP contribution in [0, 0.1) is 13.8 Å². The van der Waals surface area contributed by atoms with Gasteiger partial charge in [-0.05, 0) is 80.1 Å². The van der Waals surface area contributed by atoms with Crippen molar-refractivity contribution in [1.29, 1.82) is 0 Å². The van der Waals surface area contributed by atoms with E-state index in [9.17, 15) is 18.0 Å². The van der Waals surface area contributed by atoms with E-state index in [1.165, 1.54) is 23.3 Å². The summed E-state index contributed by atoms with van der Waals surface area (Å²) in [5.74, 6) is 0.686. The van der Waals surface area contributed by atoms with Crippen LogP contribution < -0.4 is 4.74 Å².